The minimum Gasteiger partial charge on any atom is -0.487 e. The molecule has 2 heterocycles. The van der Waals surface area contributed by atoms with Gasteiger partial charge in [0.1, 0.15) is 11.4 Å². The van der Waals surface area contributed by atoms with E-state index in [2.05, 4.69) is 20.2 Å². The third-order valence-electron chi connectivity index (χ3n) is 4.46. The minimum atomic E-state index is -3.93. The Morgan fingerprint density at radius 2 is 1.97 bits per heavy atom. The summed E-state index contributed by atoms with van der Waals surface area (Å²) in [7, 11) is -3.93. The number of anilines is 1. The van der Waals surface area contributed by atoms with E-state index in [0.29, 0.717) is 12.2 Å². The molecule has 1 aliphatic rings. The van der Waals surface area contributed by atoms with E-state index < -0.39 is 27.1 Å². The molecule has 0 saturated carbocycles. The zero-order valence-electron chi connectivity index (χ0n) is 17.4. The zero-order chi connectivity index (χ0) is 21.6. The van der Waals surface area contributed by atoms with E-state index in [1.54, 1.807) is 20.8 Å². The molecule has 158 valence electrons. The molecule has 1 aromatic heterocycles. The first-order valence-corrected chi connectivity index (χ1v) is 11.5. The van der Waals surface area contributed by atoms with E-state index in [1.165, 1.54) is 0 Å². The number of nitrogens with zero attached hydrogens (tertiary/aromatic N) is 2. The lowest BCUT2D eigenvalue weighted by Crippen LogP contribution is -2.41. The van der Waals surface area contributed by atoms with Crippen molar-refractivity contribution < 1.29 is 17.9 Å². The summed E-state index contributed by atoms with van der Waals surface area (Å²) in [4.78, 5) is 12.1. The molecule has 1 aliphatic heterocycles. The molecule has 2 N–H and O–H groups in total. The first kappa shape index (κ1) is 21.7. The van der Waals surface area contributed by atoms with E-state index in [4.69, 9.17) is 4.74 Å². The van der Waals surface area contributed by atoms with Crippen LogP contribution in [0.4, 0.5) is 5.13 Å². The van der Waals surface area contributed by atoms with E-state index in [9.17, 15) is 13.2 Å². The number of ether oxygens (including phenoxy) is 1. The van der Waals surface area contributed by atoms with Gasteiger partial charge in [0.25, 0.3) is 10.0 Å². The molecule has 3 rings (SSSR count). The van der Waals surface area contributed by atoms with Crippen molar-refractivity contribution in [3.8, 4) is 5.75 Å². The van der Waals surface area contributed by atoms with Gasteiger partial charge in [0, 0.05) is 17.4 Å². The van der Waals surface area contributed by atoms with Crippen molar-refractivity contribution in [2.45, 2.75) is 63.9 Å². The number of rotatable bonds is 4. The fourth-order valence-electron chi connectivity index (χ4n) is 2.96. The topological polar surface area (TPSA) is 110 Å². The molecule has 0 fully saturated rings. The van der Waals surface area contributed by atoms with Crippen molar-refractivity contribution in [1.29, 1.82) is 0 Å². The van der Waals surface area contributed by atoms with E-state index in [-0.39, 0.29) is 15.4 Å². The molecule has 0 radical (unpaired) electrons. The molecule has 0 saturated heterocycles. The van der Waals surface area contributed by atoms with Crippen molar-refractivity contribution in [2.75, 3.05) is 5.32 Å². The molecule has 10 heteroatoms. The van der Waals surface area contributed by atoms with Gasteiger partial charge in [0.05, 0.1) is 6.04 Å². The number of aryl methyl sites for hydroxylation is 1. The SMILES string of the molecule is Cc1ccc2c(c1)OC(C)(C)CC2NS(=O)(=O)c1nnc(NC(=O)C(C)(C)C)s1. The van der Waals surface area contributed by atoms with Crippen LogP contribution >= 0.6 is 11.3 Å². The number of benzene rings is 1. The van der Waals surface area contributed by atoms with Crippen molar-refractivity contribution in [3.05, 3.63) is 29.3 Å². The number of aromatic nitrogens is 2. The van der Waals surface area contributed by atoms with Gasteiger partial charge in [-0.25, -0.2) is 13.1 Å². The first-order valence-electron chi connectivity index (χ1n) is 9.24. The number of hydrogen-bond donors (Lipinski definition) is 2. The van der Waals surface area contributed by atoms with Crippen molar-refractivity contribution in [1.82, 2.24) is 14.9 Å². The Bertz CT molecular complexity index is 1040. The Kier molecular flexibility index (Phi) is 5.48. The molecular weight excluding hydrogens is 412 g/mol. The van der Waals surface area contributed by atoms with Crippen LogP contribution in [-0.4, -0.2) is 30.1 Å². The zero-order valence-corrected chi connectivity index (χ0v) is 19.0. The molecular formula is C19H26N4O4S2. The molecule has 1 unspecified atom stereocenters. The highest BCUT2D eigenvalue weighted by Gasteiger charge is 2.37. The maximum Gasteiger partial charge on any atom is 0.270 e. The van der Waals surface area contributed by atoms with Gasteiger partial charge >= 0.3 is 0 Å². The number of hydrogen-bond acceptors (Lipinski definition) is 7. The largest absolute Gasteiger partial charge is 0.487 e. The standard InChI is InChI=1S/C19H26N4O4S2/c1-11-7-8-12-13(10-19(5,6)27-14(12)9-11)23-29(25,26)17-22-21-16(28-17)20-15(24)18(2,3)4/h7-9,13,23H,10H2,1-6H3,(H,20,21,24). The van der Waals surface area contributed by atoms with E-state index in [1.807, 2.05) is 39.0 Å². The van der Waals surface area contributed by atoms with Gasteiger partial charge in [-0.05, 0) is 32.4 Å². The van der Waals surface area contributed by atoms with E-state index in [0.717, 1.165) is 22.5 Å². The van der Waals surface area contributed by atoms with Gasteiger partial charge in [-0.15, -0.1) is 10.2 Å². The summed E-state index contributed by atoms with van der Waals surface area (Å²) < 4.78 is 34.4. The summed E-state index contributed by atoms with van der Waals surface area (Å²) in [6, 6.07) is 5.24. The lowest BCUT2D eigenvalue weighted by Gasteiger charge is -2.37. The van der Waals surface area contributed by atoms with Gasteiger partial charge in [-0.3, -0.25) is 4.79 Å². The minimum absolute atomic E-state index is 0.147. The van der Waals surface area contributed by atoms with Crippen LogP contribution in [0, 0.1) is 12.3 Å². The maximum absolute atomic E-state index is 12.9. The van der Waals surface area contributed by atoms with Crippen LogP contribution in [0.15, 0.2) is 22.5 Å². The second kappa shape index (κ2) is 7.33. The predicted molar refractivity (Wildman–Crippen MR) is 112 cm³/mol. The Morgan fingerprint density at radius 3 is 2.62 bits per heavy atom. The van der Waals surface area contributed by atoms with Gasteiger partial charge in [-0.1, -0.05) is 44.2 Å². The fourth-order valence-corrected chi connectivity index (χ4v) is 5.08. The smallest absolute Gasteiger partial charge is 0.270 e. The van der Waals surface area contributed by atoms with Crippen LogP contribution in [0.25, 0.3) is 0 Å². The molecule has 1 amide bonds. The molecule has 8 nitrogen and oxygen atoms in total. The summed E-state index contributed by atoms with van der Waals surface area (Å²) >= 11 is 0.821. The van der Waals surface area contributed by atoms with Crippen LogP contribution in [0.1, 0.15) is 58.2 Å². The molecule has 0 aliphatic carbocycles. The van der Waals surface area contributed by atoms with Gasteiger partial charge in [0.15, 0.2) is 0 Å². The lowest BCUT2D eigenvalue weighted by molar-refractivity contribution is -0.123. The molecule has 0 bridgehead atoms. The average Bonchev–Trinajstić information content (AvgIpc) is 3.01. The number of amides is 1. The summed E-state index contributed by atoms with van der Waals surface area (Å²) in [5.74, 6) is 0.408. The Balaban J connectivity index is 1.84. The van der Waals surface area contributed by atoms with Crippen molar-refractivity contribution in [2.24, 2.45) is 5.41 Å². The average molecular weight is 439 g/mol. The highest BCUT2D eigenvalue weighted by Crippen LogP contribution is 2.40. The molecule has 29 heavy (non-hydrogen) atoms. The number of carbonyl (C=O) groups excluding carboxylic acids is 1. The third kappa shape index (κ3) is 4.93. The number of carbonyl (C=O) groups is 1. The summed E-state index contributed by atoms with van der Waals surface area (Å²) in [5.41, 5.74) is 0.662. The Labute approximate surface area is 175 Å². The number of sulfonamides is 1. The lowest BCUT2D eigenvalue weighted by atomic mass is 9.90. The van der Waals surface area contributed by atoms with Crippen LogP contribution < -0.4 is 14.8 Å². The normalized spacial score (nSPS) is 18.6. The van der Waals surface area contributed by atoms with Gasteiger partial charge in [0.2, 0.25) is 15.4 Å². The third-order valence-corrected chi connectivity index (χ3v) is 7.14. The summed E-state index contributed by atoms with van der Waals surface area (Å²) in [6.45, 7) is 11.1. The monoisotopic (exact) mass is 438 g/mol. The van der Waals surface area contributed by atoms with Crippen molar-refractivity contribution >= 4 is 32.4 Å². The quantitative estimate of drug-likeness (QED) is 0.708. The summed E-state index contributed by atoms with van der Waals surface area (Å²) in [5, 5.41) is 10.3. The molecule has 0 spiro atoms. The highest BCUT2D eigenvalue weighted by molar-refractivity contribution is 7.91. The maximum atomic E-state index is 12.9. The Morgan fingerprint density at radius 1 is 1.28 bits per heavy atom. The second-order valence-corrected chi connectivity index (χ2v) is 11.7. The number of fused-ring (bicyclic) bond motifs is 1. The Hall–Kier alpha value is -2.04. The van der Waals surface area contributed by atoms with Gasteiger partial charge in [-0.2, -0.15) is 0 Å². The molecule has 2 aromatic rings. The summed E-state index contributed by atoms with van der Waals surface area (Å²) in [6.07, 6.45) is 0.467. The fraction of sp³-hybridized carbons (Fsp3) is 0.526. The van der Waals surface area contributed by atoms with Gasteiger partial charge < -0.3 is 10.1 Å². The number of nitrogens with one attached hydrogen (secondary N) is 2. The van der Waals surface area contributed by atoms with Crippen LogP contribution in [0.3, 0.4) is 0 Å². The second-order valence-electron chi connectivity index (χ2n) is 8.86. The van der Waals surface area contributed by atoms with Crippen LogP contribution in [0.5, 0.6) is 5.75 Å². The highest BCUT2D eigenvalue weighted by atomic mass is 32.2. The van der Waals surface area contributed by atoms with Crippen LogP contribution in [-0.2, 0) is 14.8 Å². The first-order chi connectivity index (χ1) is 13.3. The van der Waals surface area contributed by atoms with Crippen molar-refractivity contribution in [3.63, 3.8) is 0 Å². The molecule has 1 atom stereocenters. The molecule has 1 aromatic carbocycles. The van der Waals surface area contributed by atoms with E-state index >= 15 is 0 Å². The predicted octanol–water partition coefficient (Wildman–Crippen LogP) is 3.41. The van der Waals surface area contributed by atoms with Crippen LogP contribution in [0.2, 0.25) is 0 Å².